The molecule has 0 aromatic heterocycles. The summed E-state index contributed by atoms with van der Waals surface area (Å²) in [5, 5.41) is 21.8. The largest absolute Gasteiger partial charge is 0.455 e. The summed E-state index contributed by atoms with van der Waals surface area (Å²) < 4.78 is 5.53. The normalized spacial score (nSPS) is 47.7. The van der Waals surface area contributed by atoms with Gasteiger partial charge in [0.05, 0.1) is 11.5 Å². The van der Waals surface area contributed by atoms with Gasteiger partial charge in [0.1, 0.15) is 11.7 Å². The van der Waals surface area contributed by atoms with E-state index in [1.54, 1.807) is 6.92 Å². The number of esters is 1. The van der Waals surface area contributed by atoms with Crippen molar-refractivity contribution in [2.45, 2.75) is 71.2 Å². The van der Waals surface area contributed by atoms with E-state index >= 15 is 0 Å². The van der Waals surface area contributed by atoms with Crippen molar-refractivity contribution in [2.24, 2.45) is 22.7 Å². The highest BCUT2D eigenvalue weighted by Crippen LogP contribution is 2.65. The van der Waals surface area contributed by atoms with Crippen molar-refractivity contribution in [3.63, 3.8) is 0 Å². The molecule has 0 bridgehead atoms. The van der Waals surface area contributed by atoms with E-state index in [-0.39, 0.29) is 23.9 Å². The number of carbonyl (C=O) groups excluding carboxylic acids is 3. The molecule has 0 heterocycles. The van der Waals surface area contributed by atoms with Crippen LogP contribution >= 0.6 is 0 Å². The van der Waals surface area contributed by atoms with Gasteiger partial charge in [0.25, 0.3) is 0 Å². The summed E-state index contributed by atoms with van der Waals surface area (Å²) in [6, 6.07) is 0. The van der Waals surface area contributed by atoms with Crippen molar-refractivity contribution in [1.82, 2.24) is 0 Å². The van der Waals surface area contributed by atoms with E-state index in [2.05, 4.69) is 6.58 Å². The SMILES string of the molecule is C=C1[C@@H]2[C@H](O)CC3=C(C(=O)[C@H](O)[C@@]4(C[C@@H]4C)C3=O)[C@@]2(C)CC[C@@]1(C)OC(C)=O. The van der Waals surface area contributed by atoms with E-state index in [1.165, 1.54) is 6.92 Å². The van der Waals surface area contributed by atoms with Crippen LogP contribution in [-0.2, 0) is 19.1 Å². The second-order valence-electron chi connectivity index (χ2n) is 9.61. The highest BCUT2D eigenvalue weighted by molar-refractivity contribution is 6.19. The van der Waals surface area contributed by atoms with Crippen LogP contribution in [-0.4, -0.2) is 45.6 Å². The monoisotopic (exact) mass is 388 g/mol. The Morgan fingerprint density at radius 1 is 1.21 bits per heavy atom. The summed E-state index contributed by atoms with van der Waals surface area (Å²) in [6.07, 6.45) is -0.772. The minimum atomic E-state index is -1.32. The molecular formula is C22H28O6. The number of carbonyl (C=O) groups is 3. The number of hydrogen-bond donors (Lipinski definition) is 2. The predicted molar refractivity (Wildman–Crippen MR) is 100 cm³/mol. The minimum Gasteiger partial charge on any atom is -0.455 e. The number of Topliss-reactive ketones (excluding diaryl/α,β-unsaturated/α-hetero) is 2. The van der Waals surface area contributed by atoms with E-state index in [4.69, 9.17) is 4.74 Å². The summed E-state index contributed by atoms with van der Waals surface area (Å²) in [7, 11) is 0. The second kappa shape index (κ2) is 5.63. The number of ketones is 2. The molecule has 4 rings (SSSR count). The average molecular weight is 388 g/mol. The first-order valence-corrected chi connectivity index (χ1v) is 9.98. The quantitative estimate of drug-likeness (QED) is 0.525. The van der Waals surface area contributed by atoms with Crippen LogP contribution in [0.25, 0.3) is 0 Å². The summed E-state index contributed by atoms with van der Waals surface area (Å²) in [5.41, 5.74) is -1.45. The Kier molecular flexibility index (Phi) is 3.93. The number of hydrogen-bond acceptors (Lipinski definition) is 6. The Labute approximate surface area is 164 Å². The number of ether oxygens (including phenoxy) is 1. The van der Waals surface area contributed by atoms with Gasteiger partial charge in [-0.05, 0) is 37.7 Å². The van der Waals surface area contributed by atoms with Crippen molar-refractivity contribution in [3.8, 4) is 0 Å². The molecule has 2 N–H and O–H groups in total. The fourth-order valence-electron chi connectivity index (χ4n) is 6.23. The Hall–Kier alpha value is -1.79. The van der Waals surface area contributed by atoms with E-state index in [0.717, 1.165) is 0 Å². The number of aliphatic hydroxyl groups is 2. The van der Waals surface area contributed by atoms with Crippen molar-refractivity contribution in [2.75, 3.05) is 0 Å². The van der Waals surface area contributed by atoms with Crippen LogP contribution in [0.15, 0.2) is 23.3 Å². The van der Waals surface area contributed by atoms with Crippen molar-refractivity contribution < 1.29 is 29.3 Å². The molecule has 0 aromatic rings. The zero-order valence-corrected chi connectivity index (χ0v) is 16.9. The topological polar surface area (TPSA) is 101 Å². The Morgan fingerprint density at radius 3 is 2.36 bits per heavy atom. The van der Waals surface area contributed by atoms with Gasteiger partial charge in [-0.3, -0.25) is 14.4 Å². The lowest BCUT2D eigenvalue weighted by Crippen LogP contribution is -2.58. The molecule has 6 heteroatoms. The fourth-order valence-corrected chi connectivity index (χ4v) is 6.23. The molecule has 0 amide bonds. The molecular weight excluding hydrogens is 360 g/mol. The van der Waals surface area contributed by atoms with Crippen LogP contribution in [0, 0.1) is 22.7 Å². The maximum absolute atomic E-state index is 13.3. The highest BCUT2D eigenvalue weighted by atomic mass is 16.6. The summed E-state index contributed by atoms with van der Waals surface area (Å²) >= 11 is 0. The molecule has 2 fully saturated rings. The van der Waals surface area contributed by atoms with Crippen LogP contribution in [0.5, 0.6) is 0 Å². The molecule has 0 unspecified atom stereocenters. The van der Waals surface area contributed by atoms with E-state index in [0.29, 0.717) is 36.0 Å². The lowest BCUT2D eigenvalue weighted by molar-refractivity contribution is -0.158. The third-order valence-electron chi connectivity index (χ3n) is 7.95. The van der Waals surface area contributed by atoms with E-state index in [1.807, 2.05) is 13.8 Å². The molecule has 6 nitrogen and oxygen atoms in total. The van der Waals surface area contributed by atoms with Crippen LogP contribution in [0.4, 0.5) is 0 Å². The van der Waals surface area contributed by atoms with Gasteiger partial charge in [0.15, 0.2) is 11.6 Å². The predicted octanol–water partition coefficient (Wildman–Crippen LogP) is 1.88. The molecule has 0 aromatic carbocycles. The third kappa shape index (κ3) is 2.19. The summed E-state index contributed by atoms with van der Waals surface area (Å²) in [4.78, 5) is 38.1. The summed E-state index contributed by atoms with van der Waals surface area (Å²) in [6.45, 7) is 11.0. The molecule has 7 atom stereocenters. The van der Waals surface area contributed by atoms with Crippen LogP contribution in [0.2, 0.25) is 0 Å². The zero-order valence-electron chi connectivity index (χ0n) is 16.9. The minimum absolute atomic E-state index is 0.0377. The first kappa shape index (κ1) is 19.5. The average Bonchev–Trinajstić information content (AvgIpc) is 3.27. The number of aliphatic hydroxyl groups excluding tert-OH is 2. The standard InChI is InChI=1S/C22H28O6/c1-10-9-22(10)18(26)13-8-14(24)15-11(2)21(5,28-12(3)23)7-6-20(15,4)16(13)17(25)19(22)27/h10,14-15,19,24,27H,2,6-9H2,1,3-5H3/t10-,14+,15+,19-,20-,21+,22+/m0/s1. The zero-order chi connectivity index (χ0) is 20.8. The van der Waals surface area contributed by atoms with Gasteiger partial charge in [-0.25, -0.2) is 0 Å². The first-order valence-electron chi connectivity index (χ1n) is 9.98. The van der Waals surface area contributed by atoms with E-state index < -0.39 is 40.5 Å². The Balaban J connectivity index is 1.82. The van der Waals surface area contributed by atoms with Gasteiger partial charge in [0, 0.05) is 35.8 Å². The summed E-state index contributed by atoms with van der Waals surface area (Å²) in [5.74, 6) is -1.56. The molecule has 0 aliphatic heterocycles. The van der Waals surface area contributed by atoms with Gasteiger partial charge in [0.2, 0.25) is 0 Å². The van der Waals surface area contributed by atoms with Gasteiger partial charge >= 0.3 is 5.97 Å². The first-order chi connectivity index (χ1) is 12.9. The van der Waals surface area contributed by atoms with Gasteiger partial charge in [-0.2, -0.15) is 0 Å². The van der Waals surface area contributed by atoms with Crippen LogP contribution in [0.1, 0.15) is 53.4 Å². The maximum atomic E-state index is 13.3. The van der Waals surface area contributed by atoms with Gasteiger partial charge in [-0.15, -0.1) is 0 Å². The molecule has 152 valence electrons. The number of fused-ring (bicyclic) bond motifs is 2. The fraction of sp³-hybridized carbons (Fsp3) is 0.682. The lowest BCUT2D eigenvalue weighted by Gasteiger charge is -2.56. The second-order valence-corrected chi connectivity index (χ2v) is 9.61. The molecule has 2 saturated carbocycles. The Bertz CT molecular complexity index is 855. The van der Waals surface area contributed by atoms with Crippen LogP contribution in [0.3, 0.4) is 0 Å². The molecule has 0 radical (unpaired) electrons. The maximum Gasteiger partial charge on any atom is 0.303 e. The molecule has 4 aliphatic rings. The highest BCUT2D eigenvalue weighted by Gasteiger charge is 2.70. The van der Waals surface area contributed by atoms with Gasteiger partial charge < -0.3 is 14.9 Å². The third-order valence-corrected chi connectivity index (χ3v) is 7.95. The van der Waals surface area contributed by atoms with Crippen LogP contribution < -0.4 is 0 Å². The number of rotatable bonds is 1. The molecule has 1 spiro atoms. The molecule has 4 aliphatic carbocycles. The van der Waals surface area contributed by atoms with Crippen molar-refractivity contribution in [1.29, 1.82) is 0 Å². The lowest BCUT2D eigenvalue weighted by atomic mass is 9.50. The Morgan fingerprint density at radius 2 is 1.82 bits per heavy atom. The van der Waals surface area contributed by atoms with E-state index in [9.17, 15) is 24.6 Å². The van der Waals surface area contributed by atoms with Crippen molar-refractivity contribution in [3.05, 3.63) is 23.3 Å². The van der Waals surface area contributed by atoms with Gasteiger partial charge in [-0.1, -0.05) is 20.4 Å². The smallest absolute Gasteiger partial charge is 0.303 e. The molecule has 0 saturated heterocycles. The molecule has 28 heavy (non-hydrogen) atoms. The van der Waals surface area contributed by atoms with Crippen molar-refractivity contribution >= 4 is 17.5 Å².